The monoisotopic (exact) mass is 687 g/mol. The fourth-order valence-corrected chi connectivity index (χ4v) is 6.07. The molecule has 3 aromatic rings. The lowest BCUT2D eigenvalue weighted by molar-refractivity contribution is -0.0660. The Labute approximate surface area is 290 Å². The van der Waals surface area contributed by atoms with Crippen LogP contribution in [0.5, 0.6) is 11.6 Å². The van der Waals surface area contributed by atoms with Crippen molar-refractivity contribution in [3.63, 3.8) is 0 Å². The molecule has 3 fully saturated rings. The van der Waals surface area contributed by atoms with E-state index in [9.17, 15) is 10.1 Å². The van der Waals surface area contributed by atoms with Gasteiger partial charge >= 0.3 is 6.09 Å². The number of nitrogens with one attached hydrogen (secondary N) is 1. The molecule has 6 heterocycles. The molecule has 0 aliphatic carbocycles. The zero-order valence-corrected chi connectivity index (χ0v) is 28.8. The minimum absolute atomic E-state index is 0.109. The van der Waals surface area contributed by atoms with Gasteiger partial charge in [0.25, 0.3) is 0 Å². The molecule has 3 aromatic heterocycles. The largest absolute Gasteiger partial charge is 0.484 e. The van der Waals surface area contributed by atoms with Crippen LogP contribution in [0, 0.1) is 11.3 Å². The summed E-state index contributed by atoms with van der Waals surface area (Å²) in [5, 5.41) is 13.1. The van der Waals surface area contributed by atoms with Gasteiger partial charge in [-0.1, -0.05) is 6.58 Å². The Bertz CT molecular complexity index is 1750. The molecule has 3 aliphatic rings. The maximum atomic E-state index is 16.1. The van der Waals surface area contributed by atoms with Crippen molar-refractivity contribution in [3.05, 3.63) is 54.9 Å². The number of ether oxygens (including phenoxy) is 4. The number of piperazine rings is 1. The van der Waals surface area contributed by atoms with Gasteiger partial charge in [-0.05, 0) is 51.1 Å². The molecule has 6 rings (SSSR count). The van der Waals surface area contributed by atoms with Crippen LogP contribution in [0.25, 0.3) is 11.4 Å². The van der Waals surface area contributed by atoms with Gasteiger partial charge in [0.05, 0.1) is 56.1 Å². The molecular weight excluding hydrogens is 645 g/mol. The average molecular weight is 688 g/mol. The second-order valence-corrected chi connectivity index (χ2v) is 13.4. The Morgan fingerprint density at radius 1 is 1.14 bits per heavy atom. The molecule has 2 unspecified atom stereocenters. The predicted octanol–water partition coefficient (Wildman–Crippen LogP) is 4.36. The van der Waals surface area contributed by atoms with Gasteiger partial charge in [0.15, 0.2) is 11.4 Å². The number of rotatable bonds is 9. The van der Waals surface area contributed by atoms with E-state index in [0.29, 0.717) is 29.1 Å². The Kier molecular flexibility index (Phi) is 10.0. The van der Waals surface area contributed by atoms with Gasteiger partial charge in [-0.15, -0.1) is 0 Å². The maximum Gasteiger partial charge on any atom is 0.410 e. The number of nitriles is 1. The molecule has 264 valence electrons. The molecular formula is C35H42FN9O5. The highest BCUT2D eigenvalue weighted by Gasteiger charge is 2.46. The van der Waals surface area contributed by atoms with Crippen LogP contribution < -0.4 is 19.7 Å². The fourth-order valence-electron chi connectivity index (χ4n) is 6.07. The van der Waals surface area contributed by atoms with E-state index in [2.05, 4.69) is 47.7 Å². The third kappa shape index (κ3) is 7.71. The summed E-state index contributed by atoms with van der Waals surface area (Å²) in [7, 11) is 1.60. The molecule has 15 heteroatoms. The number of hydrogen-bond donors (Lipinski definition) is 1. The van der Waals surface area contributed by atoms with Crippen LogP contribution in [-0.4, -0.2) is 119 Å². The zero-order chi connectivity index (χ0) is 35.5. The molecule has 3 saturated heterocycles. The number of aromatic nitrogens is 4. The number of amides is 1. The molecule has 0 aromatic carbocycles. The molecule has 0 bridgehead atoms. The first-order chi connectivity index (χ1) is 24.0. The number of alkyl halides is 1. The predicted molar refractivity (Wildman–Crippen MR) is 183 cm³/mol. The van der Waals surface area contributed by atoms with E-state index in [4.69, 9.17) is 18.9 Å². The molecule has 1 N–H and O–H groups in total. The standard InChI is InChI=1S/C35H42FN9O5/c1-6-35(36)22-45(33(46)50-34(2,3)4)12-10-29(35)49-28-19-39-26(17-23(28)18-37)25-9-11-38-32(40-25)42-30-8-7-27(31(41-30)47-5)44-15-13-43(14-16-44)24-20-48-21-24/h6-9,11,17,19,24,29H,1,10,12-16,20-22H2,2-5H3,(H,38,40,41,42). The molecule has 0 saturated carbocycles. The second kappa shape index (κ2) is 14.4. The number of pyridine rings is 2. The average Bonchev–Trinajstić information content (AvgIpc) is 3.08. The van der Waals surface area contributed by atoms with Crippen molar-refractivity contribution < 1.29 is 28.1 Å². The van der Waals surface area contributed by atoms with Crippen LogP contribution in [-0.2, 0) is 9.47 Å². The number of carbonyl (C=O) groups excluding carboxylic acids is 1. The number of methoxy groups -OCH3 is 1. The Morgan fingerprint density at radius 3 is 2.58 bits per heavy atom. The topological polar surface area (TPSA) is 151 Å². The zero-order valence-electron chi connectivity index (χ0n) is 28.8. The van der Waals surface area contributed by atoms with Crippen LogP contribution in [0.4, 0.5) is 26.6 Å². The van der Waals surface area contributed by atoms with Crippen LogP contribution in [0.3, 0.4) is 0 Å². The van der Waals surface area contributed by atoms with Crippen LogP contribution in [0.2, 0.25) is 0 Å². The molecule has 1 amide bonds. The number of likely N-dealkylation sites (tertiary alicyclic amines) is 1. The summed E-state index contributed by atoms with van der Waals surface area (Å²) in [5.74, 6) is 1.37. The molecule has 50 heavy (non-hydrogen) atoms. The number of hydrogen-bond acceptors (Lipinski definition) is 13. The van der Waals surface area contributed by atoms with Gasteiger partial charge in [0, 0.05) is 45.3 Å². The molecule has 0 spiro atoms. The van der Waals surface area contributed by atoms with E-state index >= 15 is 4.39 Å². The van der Waals surface area contributed by atoms with E-state index in [0.717, 1.165) is 51.2 Å². The number of anilines is 3. The smallest absolute Gasteiger partial charge is 0.410 e. The van der Waals surface area contributed by atoms with Crippen molar-refractivity contribution in [2.24, 2.45) is 0 Å². The van der Waals surface area contributed by atoms with E-state index in [1.54, 1.807) is 40.1 Å². The summed E-state index contributed by atoms with van der Waals surface area (Å²) in [6.07, 6.45) is 2.61. The van der Waals surface area contributed by atoms with Gasteiger partial charge in [0.2, 0.25) is 11.8 Å². The van der Waals surface area contributed by atoms with Gasteiger partial charge in [-0.25, -0.2) is 19.2 Å². The quantitative estimate of drug-likeness (QED) is 0.318. The first-order valence-electron chi connectivity index (χ1n) is 16.6. The summed E-state index contributed by atoms with van der Waals surface area (Å²) in [6, 6.07) is 9.65. The van der Waals surface area contributed by atoms with Crippen LogP contribution in [0.15, 0.2) is 49.3 Å². The molecule has 3 aliphatic heterocycles. The van der Waals surface area contributed by atoms with Crippen molar-refractivity contribution in [2.45, 2.75) is 50.6 Å². The van der Waals surface area contributed by atoms with Crippen molar-refractivity contribution >= 4 is 23.5 Å². The van der Waals surface area contributed by atoms with E-state index in [1.807, 2.05) is 12.1 Å². The summed E-state index contributed by atoms with van der Waals surface area (Å²) in [5.41, 5.74) is -0.899. The first kappa shape index (κ1) is 34.8. The minimum atomic E-state index is -2.08. The van der Waals surface area contributed by atoms with E-state index in [-0.39, 0.29) is 36.8 Å². The Morgan fingerprint density at radius 2 is 1.92 bits per heavy atom. The highest BCUT2D eigenvalue weighted by molar-refractivity contribution is 5.68. The second-order valence-electron chi connectivity index (χ2n) is 13.4. The van der Waals surface area contributed by atoms with Crippen molar-refractivity contribution in [2.75, 3.05) is 69.8 Å². The molecule has 14 nitrogen and oxygen atoms in total. The SMILES string of the molecule is C=CC1(F)CN(C(=O)OC(C)(C)C)CCC1Oc1cnc(-c2ccnc(Nc3ccc(N4CCN(C5COC5)CC4)c(OC)n3)n2)cc1C#N. The summed E-state index contributed by atoms with van der Waals surface area (Å²) < 4.78 is 38.5. The van der Waals surface area contributed by atoms with Gasteiger partial charge in [-0.3, -0.25) is 9.88 Å². The Hall–Kier alpha value is -5.07. The van der Waals surface area contributed by atoms with Gasteiger partial charge < -0.3 is 34.1 Å². The lowest BCUT2D eigenvalue weighted by atomic mass is 9.91. The third-order valence-electron chi connectivity index (χ3n) is 8.86. The highest BCUT2D eigenvalue weighted by Crippen LogP contribution is 2.34. The first-order valence-corrected chi connectivity index (χ1v) is 16.6. The third-order valence-corrected chi connectivity index (χ3v) is 8.86. The van der Waals surface area contributed by atoms with Gasteiger partial charge in [0.1, 0.15) is 29.3 Å². The number of piperidine rings is 1. The normalized spacial score (nSPS) is 21.5. The number of nitrogens with zero attached hydrogens (tertiary/aromatic N) is 8. The highest BCUT2D eigenvalue weighted by atomic mass is 19.1. The van der Waals surface area contributed by atoms with E-state index in [1.165, 1.54) is 17.2 Å². The number of carbonyl (C=O) groups is 1. The maximum absolute atomic E-state index is 16.1. The molecule has 0 radical (unpaired) electrons. The van der Waals surface area contributed by atoms with Crippen molar-refractivity contribution in [3.8, 4) is 29.1 Å². The van der Waals surface area contributed by atoms with Crippen molar-refractivity contribution in [1.29, 1.82) is 5.26 Å². The fraction of sp³-hybridized carbons (Fsp3) is 0.486. The minimum Gasteiger partial charge on any atom is -0.484 e. The van der Waals surface area contributed by atoms with Gasteiger partial charge in [-0.2, -0.15) is 10.2 Å². The molecule has 2 atom stereocenters. The van der Waals surface area contributed by atoms with Crippen LogP contribution in [0.1, 0.15) is 32.8 Å². The Balaban J connectivity index is 1.12. The number of halogens is 1. The summed E-state index contributed by atoms with van der Waals surface area (Å²) in [6.45, 7) is 14.1. The summed E-state index contributed by atoms with van der Waals surface area (Å²) in [4.78, 5) is 36.7. The summed E-state index contributed by atoms with van der Waals surface area (Å²) >= 11 is 0. The lowest BCUT2D eigenvalue weighted by Gasteiger charge is -2.43. The lowest BCUT2D eigenvalue weighted by Crippen LogP contribution is -2.57. The van der Waals surface area contributed by atoms with Crippen LogP contribution >= 0.6 is 0 Å². The van der Waals surface area contributed by atoms with E-state index < -0.39 is 23.5 Å². The van der Waals surface area contributed by atoms with Crippen molar-refractivity contribution in [1.82, 2.24) is 29.7 Å².